The van der Waals surface area contributed by atoms with Crippen LogP contribution in [0.5, 0.6) is 0 Å². The van der Waals surface area contributed by atoms with E-state index in [0.717, 1.165) is 0 Å². The second-order valence-electron chi connectivity index (χ2n) is 9.24. The Labute approximate surface area is 178 Å². The van der Waals surface area contributed by atoms with Crippen LogP contribution >= 0.6 is 0 Å². The molecule has 0 amide bonds. The summed E-state index contributed by atoms with van der Waals surface area (Å²) in [6.45, 7) is 28.9. The first-order valence-corrected chi connectivity index (χ1v) is 20.7. The molecule has 0 aliphatic carbocycles. The number of rotatable bonds is 14. The molecule has 6 nitrogen and oxygen atoms in total. The largest absolute Gasteiger partial charge is 0.480 e. The molecule has 0 aromatic heterocycles. The first-order valence-electron chi connectivity index (χ1n) is 10.5. The van der Waals surface area contributed by atoms with E-state index in [4.69, 9.17) is 25.6 Å². The van der Waals surface area contributed by atoms with Crippen LogP contribution in [-0.4, -0.2) is 54.3 Å². The van der Waals surface area contributed by atoms with Gasteiger partial charge in [0.2, 0.25) is 0 Å². The van der Waals surface area contributed by atoms with Gasteiger partial charge in [0.25, 0.3) is 0 Å². The second kappa shape index (κ2) is 10.8. The molecular formula is C18H46O6Si4. The monoisotopic (exact) mass is 470 g/mol. The lowest BCUT2D eigenvalue weighted by atomic mass is 9.99. The third kappa shape index (κ3) is 8.40. The van der Waals surface area contributed by atoms with Gasteiger partial charge in [-0.25, -0.2) is 0 Å². The van der Waals surface area contributed by atoms with Gasteiger partial charge in [0.05, 0.1) is 0 Å². The summed E-state index contributed by atoms with van der Waals surface area (Å²) in [6.07, 6.45) is 0. The predicted molar refractivity (Wildman–Crippen MR) is 125 cm³/mol. The molecule has 0 spiro atoms. The van der Waals surface area contributed by atoms with Gasteiger partial charge in [-0.3, -0.25) is 0 Å². The normalized spacial score (nSPS) is 14.8. The molecular weight excluding hydrogens is 425 g/mol. The molecule has 10 heteroatoms. The SMILES string of the molecule is CCO[Si](C)(C)O[Si](O[Si](C)(C)OCC)(O[Si](C)(C)OCC)C(C)(C)C(C)C. The van der Waals surface area contributed by atoms with Crippen LogP contribution in [0.4, 0.5) is 0 Å². The van der Waals surface area contributed by atoms with Crippen LogP contribution in [0.15, 0.2) is 0 Å². The highest BCUT2D eigenvalue weighted by Crippen LogP contribution is 2.49. The maximum atomic E-state index is 6.88. The van der Waals surface area contributed by atoms with Crippen molar-refractivity contribution in [1.82, 2.24) is 0 Å². The van der Waals surface area contributed by atoms with Crippen molar-refractivity contribution >= 4 is 34.5 Å². The first kappa shape index (κ1) is 28.6. The minimum Gasteiger partial charge on any atom is -0.395 e. The van der Waals surface area contributed by atoms with Crippen LogP contribution in [0.1, 0.15) is 48.5 Å². The summed E-state index contributed by atoms with van der Waals surface area (Å²) in [5, 5.41) is -0.336. The molecule has 0 saturated carbocycles. The Hall–Kier alpha value is 0.628. The van der Waals surface area contributed by atoms with Gasteiger partial charge in [0.15, 0.2) is 0 Å². The van der Waals surface area contributed by atoms with Crippen LogP contribution in [0, 0.1) is 5.92 Å². The Morgan fingerprint density at radius 1 is 0.607 bits per heavy atom. The molecule has 0 aliphatic heterocycles. The third-order valence-corrected chi connectivity index (χ3v) is 19.1. The Kier molecular flexibility index (Phi) is 11.0. The van der Waals surface area contributed by atoms with Crippen molar-refractivity contribution in [2.24, 2.45) is 5.92 Å². The molecule has 0 atom stereocenters. The fourth-order valence-corrected chi connectivity index (χ4v) is 19.0. The van der Waals surface area contributed by atoms with Crippen molar-refractivity contribution in [2.75, 3.05) is 19.8 Å². The molecule has 0 aliphatic rings. The highest BCUT2D eigenvalue weighted by molar-refractivity contribution is 6.88. The average molecular weight is 471 g/mol. The lowest BCUT2D eigenvalue weighted by Crippen LogP contribution is -2.69. The number of hydrogen-bond donors (Lipinski definition) is 0. The highest BCUT2D eigenvalue weighted by Gasteiger charge is 2.64. The zero-order valence-electron chi connectivity index (χ0n) is 20.6. The van der Waals surface area contributed by atoms with Gasteiger partial charge in [0, 0.05) is 24.9 Å². The summed E-state index contributed by atoms with van der Waals surface area (Å²) in [4.78, 5) is 0. The van der Waals surface area contributed by atoms with Crippen molar-refractivity contribution in [3.8, 4) is 0 Å². The molecule has 170 valence electrons. The summed E-state index contributed by atoms with van der Waals surface area (Å²) in [5.74, 6) is 0.281. The molecule has 28 heavy (non-hydrogen) atoms. The quantitative estimate of drug-likeness (QED) is 0.307. The van der Waals surface area contributed by atoms with E-state index >= 15 is 0 Å². The second-order valence-corrected chi connectivity index (χ2v) is 23.4. The van der Waals surface area contributed by atoms with E-state index in [1.165, 1.54) is 0 Å². The summed E-state index contributed by atoms with van der Waals surface area (Å²) < 4.78 is 38.8. The van der Waals surface area contributed by atoms with E-state index in [9.17, 15) is 0 Å². The minimum atomic E-state index is -3.29. The van der Waals surface area contributed by atoms with Gasteiger partial charge in [-0.05, 0) is 66.0 Å². The van der Waals surface area contributed by atoms with Gasteiger partial charge >= 0.3 is 34.5 Å². The van der Waals surface area contributed by atoms with Gasteiger partial charge in [0.1, 0.15) is 0 Å². The zero-order valence-corrected chi connectivity index (χ0v) is 24.6. The summed E-state index contributed by atoms with van der Waals surface area (Å²) in [6, 6.07) is 0. The third-order valence-electron chi connectivity index (χ3n) is 4.85. The maximum absolute atomic E-state index is 6.88. The fourth-order valence-electron chi connectivity index (χ4n) is 2.91. The van der Waals surface area contributed by atoms with Gasteiger partial charge in [-0.2, -0.15) is 0 Å². The Morgan fingerprint density at radius 3 is 1.04 bits per heavy atom. The molecule has 0 aromatic rings. The molecule has 0 unspecified atom stereocenters. The first-order chi connectivity index (χ1) is 12.5. The molecule has 0 radical (unpaired) electrons. The molecule has 0 aromatic carbocycles. The smallest absolute Gasteiger partial charge is 0.395 e. The van der Waals surface area contributed by atoms with Crippen molar-refractivity contribution in [3.05, 3.63) is 0 Å². The minimum absolute atomic E-state index is 0.281. The van der Waals surface area contributed by atoms with E-state index in [-0.39, 0.29) is 11.0 Å². The van der Waals surface area contributed by atoms with Crippen molar-refractivity contribution < 1.29 is 25.6 Å². The maximum Gasteiger partial charge on any atom is 0.480 e. The summed E-state index contributed by atoms with van der Waals surface area (Å²) >= 11 is 0. The number of hydrogen-bond acceptors (Lipinski definition) is 6. The standard InChI is InChI=1S/C18H46O6Si4/c1-14-19-25(8,9)22-28(18(6,7)17(4)5,23-26(10,11)20-15-2)24-27(12,13)21-16-3/h17H,14-16H2,1-13H3. The van der Waals surface area contributed by atoms with Crippen LogP contribution in [0.3, 0.4) is 0 Å². The summed E-state index contributed by atoms with van der Waals surface area (Å²) in [5.41, 5.74) is 0. The van der Waals surface area contributed by atoms with Crippen LogP contribution in [-0.2, 0) is 25.6 Å². The van der Waals surface area contributed by atoms with E-state index < -0.39 is 34.5 Å². The predicted octanol–water partition coefficient (Wildman–Crippen LogP) is 5.63. The van der Waals surface area contributed by atoms with E-state index in [1.807, 2.05) is 20.8 Å². The Balaban J connectivity index is 6.48. The van der Waals surface area contributed by atoms with Gasteiger partial charge < -0.3 is 25.6 Å². The summed E-state index contributed by atoms with van der Waals surface area (Å²) in [7, 11) is -10.8. The average Bonchev–Trinajstić information content (AvgIpc) is 2.44. The zero-order chi connectivity index (χ0) is 22.4. The molecule has 0 N–H and O–H groups in total. The van der Waals surface area contributed by atoms with E-state index in [1.54, 1.807) is 0 Å². The molecule has 0 bridgehead atoms. The van der Waals surface area contributed by atoms with Gasteiger partial charge in [-0.1, -0.05) is 27.7 Å². The van der Waals surface area contributed by atoms with Crippen molar-refractivity contribution in [2.45, 2.75) is 92.8 Å². The molecule has 0 heterocycles. The van der Waals surface area contributed by atoms with Crippen molar-refractivity contribution in [1.29, 1.82) is 0 Å². The van der Waals surface area contributed by atoms with Crippen molar-refractivity contribution in [3.63, 3.8) is 0 Å². The van der Waals surface area contributed by atoms with Gasteiger partial charge in [-0.15, -0.1) is 0 Å². The lowest BCUT2D eigenvalue weighted by Gasteiger charge is -2.51. The lowest BCUT2D eigenvalue weighted by molar-refractivity contribution is 0.114. The van der Waals surface area contributed by atoms with Crippen LogP contribution < -0.4 is 0 Å². The Morgan fingerprint density at radius 2 is 0.857 bits per heavy atom. The molecule has 0 saturated heterocycles. The van der Waals surface area contributed by atoms with Crippen LogP contribution in [0.2, 0.25) is 44.3 Å². The van der Waals surface area contributed by atoms with E-state index in [2.05, 4.69) is 67.0 Å². The topological polar surface area (TPSA) is 55.4 Å². The Bertz CT molecular complexity index is 419. The highest BCUT2D eigenvalue weighted by atomic mass is 28.5. The van der Waals surface area contributed by atoms with E-state index in [0.29, 0.717) is 19.8 Å². The fraction of sp³-hybridized carbons (Fsp3) is 1.00. The molecule has 0 fully saturated rings. The molecule has 0 rings (SSSR count). The van der Waals surface area contributed by atoms with Crippen LogP contribution in [0.25, 0.3) is 0 Å².